The van der Waals surface area contributed by atoms with Crippen molar-refractivity contribution in [1.82, 2.24) is 0 Å². The van der Waals surface area contributed by atoms with Crippen molar-refractivity contribution in [2.75, 3.05) is 39.6 Å². The van der Waals surface area contributed by atoms with Crippen LogP contribution in [0.3, 0.4) is 0 Å². The van der Waals surface area contributed by atoms with Crippen LogP contribution in [0.25, 0.3) is 0 Å². The fourth-order valence-corrected chi connectivity index (χ4v) is 11.4. The average Bonchev–Trinajstić information content (AvgIpc) is 3.61. The molecule has 3 N–H and O–H groups in total. The zero-order valence-corrected chi connectivity index (χ0v) is 55.7. The van der Waals surface area contributed by atoms with Crippen LogP contribution < -0.4 is 0 Å². The number of unbranched alkanes of at least 4 members (excludes halogenated alkanes) is 40. The summed E-state index contributed by atoms with van der Waals surface area (Å²) in [6, 6.07) is 0. The van der Waals surface area contributed by atoms with Crippen LogP contribution in [0, 0.1) is 0 Å². The van der Waals surface area contributed by atoms with Gasteiger partial charge in [0.2, 0.25) is 0 Å². The van der Waals surface area contributed by atoms with Gasteiger partial charge in [-0.25, -0.2) is 9.13 Å². The summed E-state index contributed by atoms with van der Waals surface area (Å²) in [5, 5.41) is 10.5. The third kappa shape index (κ3) is 59.0. The van der Waals surface area contributed by atoms with E-state index in [1.165, 1.54) is 154 Å². The molecule has 5 atom stereocenters. The maximum Gasteiger partial charge on any atom is 0.472 e. The van der Waals surface area contributed by atoms with Gasteiger partial charge in [0.1, 0.15) is 19.3 Å². The molecule has 0 aliphatic rings. The van der Waals surface area contributed by atoms with Crippen molar-refractivity contribution in [2.45, 2.75) is 354 Å². The van der Waals surface area contributed by atoms with E-state index in [0.29, 0.717) is 25.7 Å². The number of phosphoric ester groups is 2. The lowest BCUT2D eigenvalue weighted by Crippen LogP contribution is -2.30. The molecule has 0 aromatic carbocycles. The molecular formula is C65H126O17P2. The summed E-state index contributed by atoms with van der Waals surface area (Å²) in [5.41, 5.74) is 0. The van der Waals surface area contributed by atoms with Crippen LogP contribution in [0.15, 0.2) is 0 Å². The van der Waals surface area contributed by atoms with E-state index < -0.39 is 97.5 Å². The molecule has 498 valence electrons. The van der Waals surface area contributed by atoms with Gasteiger partial charge in [0.15, 0.2) is 12.2 Å². The van der Waals surface area contributed by atoms with Crippen LogP contribution in [0.2, 0.25) is 0 Å². The predicted octanol–water partition coefficient (Wildman–Crippen LogP) is 18.3. The molecule has 0 spiro atoms. The highest BCUT2D eigenvalue weighted by Crippen LogP contribution is 2.45. The number of ether oxygens (including phenoxy) is 4. The van der Waals surface area contributed by atoms with Gasteiger partial charge in [-0.05, 0) is 25.7 Å². The Morgan fingerprint density at radius 2 is 0.476 bits per heavy atom. The van der Waals surface area contributed by atoms with E-state index in [4.69, 9.17) is 37.0 Å². The average molecular weight is 1240 g/mol. The van der Waals surface area contributed by atoms with Crippen LogP contribution in [0.1, 0.15) is 336 Å². The smallest absolute Gasteiger partial charge is 0.462 e. The Balaban J connectivity index is 5.19. The molecule has 0 aromatic rings. The molecule has 0 amide bonds. The van der Waals surface area contributed by atoms with E-state index in [-0.39, 0.29) is 25.7 Å². The Kier molecular flexibility index (Phi) is 58.6. The lowest BCUT2D eigenvalue weighted by Gasteiger charge is -2.21. The zero-order chi connectivity index (χ0) is 61.9. The van der Waals surface area contributed by atoms with Gasteiger partial charge >= 0.3 is 39.5 Å². The summed E-state index contributed by atoms with van der Waals surface area (Å²) in [6.45, 7) is 4.86. The topological polar surface area (TPSA) is 237 Å². The van der Waals surface area contributed by atoms with E-state index in [1.807, 2.05) is 0 Å². The van der Waals surface area contributed by atoms with E-state index in [9.17, 15) is 43.2 Å². The fraction of sp³-hybridized carbons (Fsp3) is 0.938. The fourth-order valence-electron chi connectivity index (χ4n) is 9.81. The molecule has 0 aliphatic carbocycles. The van der Waals surface area contributed by atoms with Crippen LogP contribution >= 0.6 is 15.6 Å². The minimum absolute atomic E-state index is 0.106. The first-order valence-electron chi connectivity index (χ1n) is 34.3. The van der Waals surface area contributed by atoms with Crippen LogP contribution in [-0.4, -0.2) is 96.7 Å². The van der Waals surface area contributed by atoms with E-state index in [1.54, 1.807) is 0 Å². The van der Waals surface area contributed by atoms with Crippen molar-refractivity contribution in [2.24, 2.45) is 0 Å². The number of hydrogen-bond acceptors (Lipinski definition) is 15. The molecule has 19 heteroatoms. The largest absolute Gasteiger partial charge is 0.472 e. The van der Waals surface area contributed by atoms with Gasteiger partial charge in [0.25, 0.3) is 0 Å². The van der Waals surface area contributed by atoms with Crippen LogP contribution in [-0.2, 0) is 65.4 Å². The summed E-state index contributed by atoms with van der Waals surface area (Å²) < 4.78 is 67.9. The van der Waals surface area contributed by atoms with Crippen molar-refractivity contribution in [3.8, 4) is 0 Å². The third-order valence-corrected chi connectivity index (χ3v) is 17.0. The molecule has 0 aromatic heterocycles. The summed E-state index contributed by atoms with van der Waals surface area (Å²) in [4.78, 5) is 72.1. The summed E-state index contributed by atoms with van der Waals surface area (Å²) in [6.07, 6.45) is 45.8. The number of aliphatic hydroxyl groups is 1. The highest BCUT2D eigenvalue weighted by molar-refractivity contribution is 7.47. The Bertz CT molecular complexity index is 1620. The van der Waals surface area contributed by atoms with Gasteiger partial charge in [0.05, 0.1) is 26.4 Å². The first-order chi connectivity index (χ1) is 40.7. The number of aliphatic hydroxyl groups excluding tert-OH is 1. The minimum atomic E-state index is -4.94. The van der Waals surface area contributed by atoms with Gasteiger partial charge in [-0.2, -0.15) is 0 Å². The normalized spacial score (nSPS) is 14.1. The Labute approximate surface area is 511 Å². The summed E-state index contributed by atoms with van der Waals surface area (Å²) in [5.74, 6) is -2.13. The number of rotatable bonds is 66. The maximum absolute atomic E-state index is 13.0. The van der Waals surface area contributed by atoms with Crippen molar-refractivity contribution in [1.29, 1.82) is 0 Å². The SMILES string of the molecule is CCCCCCCCCCCCCCCCCCC(=O)O[C@H](COC(=O)CCCCCCCCCCCCC)COP(=O)(O)OC[C@@H](O)COP(=O)(O)OC[C@@H](COC(=O)CCCCCCCCC)OC(=O)CCCCCCCCCCCC. The van der Waals surface area contributed by atoms with Gasteiger partial charge in [-0.3, -0.25) is 37.3 Å². The molecule has 0 bridgehead atoms. The van der Waals surface area contributed by atoms with Crippen molar-refractivity contribution < 1.29 is 80.2 Å². The molecule has 0 rings (SSSR count). The first kappa shape index (κ1) is 82.1. The second-order valence-corrected chi connectivity index (χ2v) is 26.4. The summed E-state index contributed by atoms with van der Waals surface area (Å²) in [7, 11) is -9.88. The minimum Gasteiger partial charge on any atom is -0.462 e. The van der Waals surface area contributed by atoms with Crippen molar-refractivity contribution in [3.05, 3.63) is 0 Å². The predicted molar refractivity (Wildman–Crippen MR) is 335 cm³/mol. The molecular weight excluding hydrogens is 1110 g/mol. The molecule has 17 nitrogen and oxygen atoms in total. The first-order valence-corrected chi connectivity index (χ1v) is 37.3. The Hall–Kier alpha value is -1.94. The molecule has 0 fully saturated rings. The molecule has 0 saturated heterocycles. The highest BCUT2D eigenvalue weighted by atomic mass is 31.2. The molecule has 84 heavy (non-hydrogen) atoms. The summed E-state index contributed by atoms with van der Waals surface area (Å²) >= 11 is 0. The molecule has 0 aliphatic heterocycles. The highest BCUT2D eigenvalue weighted by Gasteiger charge is 2.30. The standard InChI is InChI=1S/C65H126O17P2/c1-5-9-13-17-21-24-27-28-29-30-31-33-36-40-44-48-52-65(70)82-61(56-76-63(68)50-46-42-38-35-32-25-22-18-14-10-6-2)58-80-84(73,74)78-54-59(66)53-77-83(71,72)79-57-60(55-75-62(67)49-45-41-37-20-16-12-8-4)81-64(69)51-47-43-39-34-26-23-19-15-11-7-3/h59-61,66H,5-58H2,1-4H3,(H,71,72)(H,73,74)/t59-,60+,61+/m0/s1. The lowest BCUT2D eigenvalue weighted by atomic mass is 10.0. The van der Waals surface area contributed by atoms with Crippen LogP contribution in [0.4, 0.5) is 0 Å². The number of hydrogen-bond donors (Lipinski definition) is 3. The quantitative estimate of drug-likeness (QED) is 0.0222. The molecule has 0 saturated carbocycles. The zero-order valence-electron chi connectivity index (χ0n) is 53.9. The van der Waals surface area contributed by atoms with E-state index in [2.05, 4.69) is 27.7 Å². The van der Waals surface area contributed by atoms with Gasteiger partial charge in [0, 0.05) is 25.7 Å². The monoisotopic (exact) mass is 1240 g/mol. The molecule has 0 heterocycles. The Morgan fingerprint density at radius 3 is 0.702 bits per heavy atom. The van der Waals surface area contributed by atoms with Gasteiger partial charge in [-0.15, -0.1) is 0 Å². The lowest BCUT2D eigenvalue weighted by molar-refractivity contribution is -0.161. The number of esters is 4. The number of carbonyl (C=O) groups excluding carboxylic acids is 4. The second-order valence-electron chi connectivity index (χ2n) is 23.5. The van der Waals surface area contributed by atoms with Crippen molar-refractivity contribution >= 4 is 39.5 Å². The van der Waals surface area contributed by atoms with E-state index >= 15 is 0 Å². The Morgan fingerprint density at radius 1 is 0.286 bits per heavy atom. The maximum atomic E-state index is 13.0. The third-order valence-electron chi connectivity index (χ3n) is 15.1. The number of phosphoric acid groups is 2. The van der Waals surface area contributed by atoms with Gasteiger partial charge < -0.3 is 33.8 Å². The number of carbonyl (C=O) groups is 4. The van der Waals surface area contributed by atoms with Gasteiger partial charge in [-0.1, -0.05) is 285 Å². The van der Waals surface area contributed by atoms with Crippen LogP contribution in [0.5, 0.6) is 0 Å². The molecule has 0 radical (unpaired) electrons. The van der Waals surface area contributed by atoms with Crippen molar-refractivity contribution in [3.63, 3.8) is 0 Å². The molecule has 2 unspecified atom stereocenters. The second kappa shape index (κ2) is 60.0. The van der Waals surface area contributed by atoms with E-state index in [0.717, 1.165) is 103 Å².